The topological polar surface area (TPSA) is 44.2 Å². The predicted molar refractivity (Wildman–Crippen MR) is 69.5 cm³/mol. The van der Waals surface area contributed by atoms with Gasteiger partial charge in [-0.05, 0) is 18.1 Å². The Kier molecular flexibility index (Phi) is 4.65. The second kappa shape index (κ2) is 5.60. The summed E-state index contributed by atoms with van der Waals surface area (Å²) in [7, 11) is -1.67. The average molecular weight is 253 g/mol. The molecule has 95 valence electrons. The summed E-state index contributed by atoms with van der Waals surface area (Å²) in [4.78, 5) is 7.78. The quantitative estimate of drug-likeness (QED) is 0.598. The van der Waals surface area contributed by atoms with Crippen LogP contribution >= 0.6 is 0 Å². The molecule has 0 aliphatic carbocycles. The number of rotatable bonds is 5. The van der Waals surface area contributed by atoms with Crippen molar-refractivity contribution in [1.82, 2.24) is 9.97 Å². The lowest BCUT2D eigenvalue weighted by Crippen LogP contribution is -2.41. The van der Waals surface area contributed by atoms with Crippen LogP contribution in [0.25, 0.3) is 0 Å². The first kappa shape index (κ1) is 14.1. The number of aromatic nitrogens is 2. The van der Waals surface area contributed by atoms with Crippen LogP contribution in [0, 0.1) is 6.20 Å². The Labute approximate surface area is 105 Å². The molecule has 0 aliphatic heterocycles. The molecule has 0 N–H and O–H groups in total. The molecule has 1 heterocycles. The lowest BCUT2D eigenvalue weighted by atomic mass is 10.2. The van der Waals surface area contributed by atoms with Crippen molar-refractivity contribution in [2.24, 2.45) is 0 Å². The highest BCUT2D eigenvalue weighted by atomic mass is 28.4. The second-order valence-corrected chi connectivity index (χ2v) is 10.3. The first-order chi connectivity index (χ1) is 7.83. The third-order valence-corrected chi connectivity index (χ3v) is 7.64. The highest BCUT2D eigenvalue weighted by Gasteiger charge is 2.36. The van der Waals surface area contributed by atoms with Crippen molar-refractivity contribution in [2.45, 2.75) is 38.9 Å². The van der Waals surface area contributed by atoms with Gasteiger partial charge in [0.05, 0.1) is 19.0 Å². The number of nitrogens with zero attached hydrogens (tertiary/aromatic N) is 2. The van der Waals surface area contributed by atoms with E-state index in [1.807, 2.05) is 0 Å². The van der Waals surface area contributed by atoms with Gasteiger partial charge in [0.15, 0.2) is 8.32 Å². The van der Waals surface area contributed by atoms with E-state index in [0.29, 0.717) is 19.1 Å². The van der Waals surface area contributed by atoms with Gasteiger partial charge in [0, 0.05) is 0 Å². The Balaban J connectivity index is 2.30. The second-order valence-electron chi connectivity index (χ2n) is 5.44. The van der Waals surface area contributed by atoms with E-state index in [2.05, 4.69) is 50.0 Å². The van der Waals surface area contributed by atoms with Crippen molar-refractivity contribution >= 4 is 8.32 Å². The van der Waals surface area contributed by atoms with Crippen molar-refractivity contribution in [2.75, 3.05) is 13.2 Å². The Hall–Kier alpha value is -0.943. The fourth-order valence-electron chi connectivity index (χ4n) is 0.986. The van der Waals surface area contributed by atoms with Gasteiger partial charge in [-0.2, -0.15) is 0 Å². The monoisotopic (exact) mass is 253 g/mol. The molecular formula is C12H21N2O2Si. The van der Waals surface area contributed by atoms with Gasteiger partial charge in [-0.1, -0.05) is 20.8 Å². The average Bonchev–Trinajstić information content (AvgIpc) is 2.24. The van der Waals surface area contributed by atoms with E-state index in [1.54, 1.807) is 6.20 Å². The molecule has 1 radical (unpaired) electrons. The standard InChI is InChI=1S/C12H21N2O2Si/c1-12(2,3)17(4,5)16-9-8-15-11-10-13-6-7-14-11/h7,10H,8-9H2,1-5H3. The summed E-state index contributed by atoms with van der Waals surface area (Å²) in [6.45, 7) is 12.2. The molecule has 0 aromatic carbocycles. The SMILES string of the molecule is CC(C)(C)[Si](C)(C)OCCOc1cn[c]cn1. The molecular weight excluding hydrogens is 232 g/mol. The lowest BCUT2D eigenvalue weighted by Gasteiger charge is -2.36. The third-order valence-electron chi connectivity index (χ3n) is 3.10. The summed E-state index contributed by atoms with van der Waals surface area (Å²) in [6, 6.07) is 0. The molecule has 0 atom stereocenters. The minimum Gasteiger partial charge on any atom is -0.474 e. The fraction of sp³-hybridized carbons (Fsp3) is 0.667. The maximum absolute atomic E-state index is 5.97. The van der Waals surface area contributed by atoms with Crippen LogP contribution in [0.15, 0.2) is 12.4 Å². The van der Waals surface area contributed by atoms with Crippen LogP contribution in [0.1, 0.15) is 20.8 Å². The third kappa shape index (κ3) is 4.44. The predicted octanol–water partition coefficient (Wildman–Crippen LogP) is 2.68. The van der Waals surface area contributed by atoms with Crippen molar-refractivity contribution in [3.05, 3.63) is 18.6 Å². The molecule has 0 spiro atoms. The number of hydrogen-bond acceptors (Lipinski definition) is 4. The van der Waals surface area contributed by atoms with E-state index in [0.717, 1.165) is 0 Å². The summed E-state index contributed by atoms with van der Waals surface area (Å²) < 4.78 is 11.4. The minimum absolute atomic E-state index is 0.231. The van der Waals surface area contributed by atoms with E-state index in [9.17, 15) is 0 Å². The van der Waals surface area contributed by atoms with E-state index in [1.165, 1.54) is 6.20 Å². The molecule has 0 saturated heterocycles. The Morgan fingerprint density at radius 1 is 1.29 bits per heavy atom. The summed E-state index contributed by atoms with van der Waals surface area (Å²) >= 11 is 0. The minimum atomic E-state index is -1.67. The summed E-state index contributed by atoms with van der Waals surface area (Å²) in [6.07, 6.45) is 5.64. The van der Waals surface area contributed by atoms with Crippen LogP contribution in [-0.4, -0.2) is 31.5 Å². The van der Waals surface area contributed by atoms with Crippen LogP contribution < -0.4 is 4.74 Å². The molecule has 0 bridgehead atoms. The lowest BCUT2D eigenvalue weighted by molar-refractivity contribution is 0.198. The molecule has 0 unspecified atom stereocenters. The molecule has 0 amide bonds. The molecule has 0 fully saturated rings. The van der Waals surface area contributed by atoms with Gasteiger partial charge in [0.25, 0.3) is 0 Å². The molecule has 1 aromatic rings. The highest BCUT2D eigenvalue weighted by Crippen LogP contribution is 2.36. The van der Waals surface area contributed by atoms with Crippen LogP contribution in [-0.2, 0) is 4.43 Å². The Morgan fingerprint density at radius 2 is 2.00 bits per heavy atom. The van der Waals surface area contributed by atoms with Crippen LogP contribution in [0.2, 0.25) is 18.1 Å². The molecule has 0 saturated carbocycles. The molecule has 5 heteroatoms. The first-order valence-corrected chi connectivity index (χ1v) is 8.68. The van der Waals surface area contributed by atoms with Gasteiger partial charge in [-0.15, -0.1) is 0 Å². The number of hydrogen-bond donors (Lipinski definition) is 0. The zero-order chi connectivity index (χ0) is 12.9. The van der Waals surface area contributed by atoms with E-state index >= 15 is 0 Å². The van der Waals surface area contributed by atoms with Crippen LogP contribution in [0.5, 0.6) is 5.88 Å². The van der Waals surface area contributed by atoms with E-state index < -0.39 is 8.32 Å². The summed E-state index contributed by atoms with van der Waals surface area (Å²) in [5, 5.41) is 0.231. The van der Waals surface area contributed by atoms with Crippen molar-refractivity contribution in [3.8, 4) is 5.88 Å². The molecule has 4 nitrogen and oxygen atoms in total. The van der Waals surface area contributed by atoms with Crippen molar-refractivity contribution < 1.29 is 9.16 Å². The van der Waals surface area contributed by atoms with Gasteiger partial charge in [0.2, 0.25) is 5.88 Å². The van der Waals surface area contributed by atoms with E-state index in [-0.39, 0.29) is 5.04 Å². The fourth-order valence-corrected chi connectivity index (χ4v) is 2.01. The normalized spacial score (nSPS) is 12.5. The highest BCUT2D eigenvalue weighted by molar-refractivity contribution is 6.74. The van der Waals surface area contributed by atoms with Gasteiger partial charge in [-0.3, -0.25) is 0 Å². The van der Waals surface area contributed by atoms with Crippen LogP contribution in [0.4, 0.5) is 0 Å². The molecule has 1 rings (SSSR count). The maximum atomic E-state index is 5.97. The molecule has 1 aromatic heterocycles. The van der Waals surface area contributed by atoms with Crippen molar-refractivity contribution in [3.63, 3.8) is 0 Å². The Bertz CT molecular complexity index is 336. The van der Waals surface area contributed by atoms with Crippen molar-refractivity contribution in [1.29, 1.82) is 0 Å². The zero-order valence-corrected chi connectivity index (χ0v) is 12.3. The van der Waals surface area contributed by atoms with Gasteiger partial charge in [-0.25, -0.2) is 9.97 Å². The maximum Gasteiger partial charge on any atom is 0.232 e. The summed E-state index contributed by atoms with van der Waals surface area (Å²) in [5.74, 6) is 0.516. The molecule has 0 aliphatic rings. The van der Waals surface area contributed by atoms with Gasteiger partial charge < -0.3 is 9.16 Å². The zero-order valence-electron chi connectivity index (χ0n) is 11.3. The van der Waals surface area contributed by atoms with E-state index in [4.69, 9.17) is 9.16 Å². The Morgan fingerprint density at radius 3 is 2.53 bits per heavy atom. The molecule has 17 heavy (non-hydrogen) atoms. The van der Waals surface area contributed by atoms with Gasteiger partial charge in [0.1, 0.15) is 12.8 Å². The largest absolute Gasteiger partial charge is 0.474 e. The number of ether oxygens (including phenoxy) is 1. The smallest absolute Gasteiger partial charge is 0.232 e. The summed E-state index contributed by atoms with van der Waals surface area (Å²) in [5.41, 5.74) is 0. The first-order valence-electron chi connectivity index (χ1n) is 5.78. The van der Waals surface area contributed by atoms with Crippen LogP contribution in [0.3, 0.4) is 0 Å². The van der Waals surface area contributed by atoms with Gasteiger partial charge >= 0.3 is 0 Å².